The minimum atomic E-state index is -0.584. The number of nitrogens with two attached hydrogens (primary N) is 2. The van der Waals surface area contributed by atoms with Gasteiger partial charge in [0.1, 0.15) is 5.82 Å². The molecule has 2 aliphatic rings. The van der Waals surface area contributed by atoms with Crippen molar-refractivity contribution < 1.29 is 24.3 Å². The Morgan fingerprint density at radius 3 is 2.11 bits per heavy atom. The summed E-state index contributed by atoms with van der Waals surface area (Å²) in [5, 5.41) is 19.1. The molecule has 5 N–H and O–H groups in total. The molecule has 0 amide bonds. The van der Waals surface area contributed by atoms with Gasteiger partial charge in [-0.3, -0.25) is 4.90 Å². The second-order valence-electron chi connectivity index (χ2n) is 9.08. The van der Waals surface area contributed by atoms with Crippen LogP contribution in [0.4, 0.5) is 21.2 Å². The van der Waals surface area contributed by atoms with Crippen molar-refractivity contribution in [2.45, 2.75) is 92.4 Å². The first-order valence-electron chi connectivity index (χ1n) is 13.3. The molecule has 38 heavy (non-hydrogen) atoms. The number of ether oxygens (including phenoxy) is 2. The van der Waals surface area contributed by atoms with E-state index >= 15 is 0 Å². The number of aromatic nitrogens is 4. The van der Waals surface area contributed by atoms with E-state index in [-0.39, 0.29) is 24.0 Å². The Balaban J connectivity index is 0.000000252. The van der Waals surface area contributed by atoms with Crippen LogP contribution in [-0.2, 0) is 28.1 Å². The van der Waals surface area contributed by atoms with Crippen molar-refractivity contribution in [3.8, 4) is 0 Å². The number of hydrogen-bond donors (Lipinski definition) is 3. The van der Waals surface area contributed by atoms with Crippen molar-refractivity contribution in [3.05, 3.63) is 22.5 Å². The highest BCUT2D eigenvalue weighted by atomic mass is 16.6. The van der Waals surface area contributed by atoms with E-state index in [4.69, 9.17) is 20.9 Å². The van der Waals surface area contributed by atoms with E-state index in [9.17, 15) is 14.8 Å². The first-order chi connectivity index (χ1) is 18.0. The van der Waals surface area contributed by atoms with Gasteiger partial charge in [0.2, 0.25) is 0 Å². The number of carbonyl (C=O) groups is 2. The number of nitrogens with zero attached hydrogens (tertiary/aromatic N) is 6. The maximum Gasteiger partial charge on any atom is 0.436 e. The van der Waals surface area contributed by atoms with Gasteiger partial charge in [-0.2, -0.15) is 14.8 Å². The zero-order valence-electron chi connectivity index (χ0n) is 23.9. The molecule has 2 unspecified atom stereocenters. The van der Waals surface area contributed by atoms with Gasteiger partial charge in [-0.05, 0) is 40.7 Å². The molecule has 13 nitrogen and oxygen atoms in total. The van der Waals surface area contributed by atoms with Crippen LogP contribution in [0.25, 0.3) is 0 Å². The van der Waals surface area contributed by atoms with Gasteiger partial charge in [0.15, 0.2) is 5.82 Å². The summed E-state index contributed by atoms with van der Waals surface area (Å²) in [6.45, 7) is 15.3. The van der Waals surface area contributed by atoms with Gasteiger partial charge in [0.05, 0.1) is 42.7 Å². The molecule has 4 heterocycles. The van der Waals surface area contributed by atoms with Gasteiger partial charge in [-0.25, -0.2) is 9.59 Å². The molecule has 0 radical (unpaired) electrons. The smallest absolute Gasteiger partial charge is 0.436 e. The SMILES string of the molecule is CC.CCCC1(C)c2c(c(N)nn2C(=O)OCC)CN1C.CCOC(=O)n1nc2c(c1N)CN(O)C2CC. The van der Waals surface area contributed by atoms with E-state index in [1.165, 1.54) is 9.75 Å². The summed E-state index contributed by atoms with van der Waals surface area (Å²) in [6.07, 6.45) is 1.63. The van der Waals surface area contributed by atoms with Crippen LogP contribution < -0.4 is 11.5 Å². The maximum absolute atomic E-state index is 12.0. The zero-order chi connectivity index (χ0) is 28.8. The minimum absolute atomic E-state index is 0.206. The van der Waals surface area contributed by atoms with Crippen LogP contribution in [0.15, 0.2) is 0 Å². The number of nitrogen functional groups attached to an aromatic ring is 2. The third kappa shape index (κ3) is 5.64. The number of hydrogen-bond acceptors (Lipinski definition) is 11. The summed E-state index contributed by atoms with van der Waals surface area (Å²) in [4.78, 5) is 25.8. The maximum atomic E-state index is 12.0. The molecule has 2 aromatic heterocycles. The first kappa shape index (κ1) is 31.1. The van der Waals surface area contributed by atoms with Crippen molar-refractivity contribution in [1.29, 1.82) is 0 Å². The molecule has 4 rings (SSSR count). The molecule has 0 fully saturated rings. The van der Waals surface area contributed by atoms with Gasteiger partial charge in [0.25, 0.3) is 0 Å². The predicted molar refractivity (Wildman–Crippen MR) is 144 cm³/mol. The van der Waals surface area contributed by atoms with E-state index < -0.39 is 12.2 Å². The topological polar surface area (TPSA) is 167 Å². The number of anilines is 2. The Labute approximate surface area is 224 Å². The lowest BCUT2D eigenvalue weighted by Crippen LogP contribution is -2.38. The second kappa shape index (κ2) is 13.1. The average Bonchev–Trinajstić information content (AvgIpc) is 3.57. The van der Waals surface area contributed by atoms with Crippen LogP contribution in [0.2, 0.25) is 0 Å². The molecule has 0 spiro atoms. The lowest BCUT2D eigenvalue weighted by Gasteiger charge is -2.33. The Kier molecular flexibility index (Phi) is 10.7. The van der Waals surface area contributed by atoms with Crippen LogP contribution >= 0.6 is 0 Å². The largest absolute Gasteiger partial charge is 0.448 e. The number of hydroxylamine groups is 2. The highest BCUT2D eigenvalue weighted by Gasteiger charge is 2.44. The van der Waals surface area contributed by atoms with Crippen LogP contribution in [0.3, 0.4) is 0 Å². The van der Waals surface area contributed by atoms with Gasteiger partial charge in [0, 0.05) is 17.7 Å². The normalized spacial score (nSPS) is 20.1. The predicted octanol–water partition coefficient (Wildman–Crippen LogP) is 4.08. The van der Waals surface area contributed by atoms with Gasteiger partial charge in [-0.1, -0.05) is 34.1 Å². The first-order valence-corrected chi connectivity index (χ1v) is 13.3. The van der Waals surface area contributed by atoms with Crippen LogP contribution in [-0.4, -0.2) is 67.2 Å². The lowest BCUT2D eigenvalue weighted by atomic mass is 9.92. The molecule has 2 aromatic rings. The number of carbonyl (C=O) groups excluding carboxylic acids is 2. The van der Waals surface area contributed by atoms with Crippen LogP contribution in [0.1, 0.15) is 96.3 Å². The van der Waals surface area contributed by atoms with Gasteiger partial charge in [-0.15, -0.1) is 9.78 Å². The highest BCUT2D eigenvalue weighted by Crippen LogP contribution is 2.43. The van der Waals surface area contributed by atoms with E-state index in [0.29, 0.717) is 36.6 Å². The van der Waals surface area contributed by atoms with E-state index in [1.54, 1.807) is 13.8 Å². The number of rotatable bonds is 5. The molecular formula is C25H44N8O5. The molecule has 0 aliphatic carbocycles. The Hall–Kier alpha value is -3.16. The van der Waals surface area contributed by atoms with Gasteiger partial charge >= 0.3 is 12.2 Å². The molecule has 2 atom stereocenters. The molecule has 0 aromatic carbocycles. The molecule has 214 valence electrons. The third-order valence-electron chi connectivity index (χ3n) is 6.82. The summed E-state index contributed by atoms with van der Waals surface area (Å²) in [5.41, 5.74) is 14.7. The third-order valence-corrected chi connectivity index (χ3v) is 6.82. The van der Waals surface area contributed by atoms with Crippen LogP contribution in [0, 0.1) is 0 Å². The summed E-state index contributed by atoms with van der Waals surface area (Å²) < 4.78 is 12.3. The minimum Gasteiger partial charge on any atom is -0.448 e. The standard InChI is InChI=1S/C13H22N4O2.C10H16N4O3.C2H6/c1-5-7-13(3)10-9(8-16(13)4)11(14)15-17(10)12(18)19-6-2;1-3-7-8-6(5-13(7)16)9(11)14(12-8)10(15)17-4-2;1-2/h5-8H2,1-4H3,(H2,14,15);7,16H,3-5,11H2,1-2H3;1-2H3. The number of fused-ring (bicyclic) bond motifs is 2. The second-order valence-corrected chi connectivity index (χ2v) is 9.08. The molecule has 0 bridgehead atoms. The molecule has 0 saturated heterocycles. The van der Waals surface area contributed by atoms with Crippen molar-refractivity contribution >= 4 is 23.8 Å². The van der Waals surface area contributed by atoms with Crippen molar-refractivity contribution in [2.24, 2.45) is 0 Å². The van der Waals surface area contributed by atoms with Crippen molar-refractivity contribution in [1.82, 2.24) is 29.5 Å². The fourth-order valence-corrected chi connectivity index (χ4v) is 4.93. The summed E-state index contributed by atoms with van der Waals surface area (Å²) in [7, 11) is 2.05. The fraction of sp³-hybridized carbons (Fsp3) is 0.680. The highest BCUT2D eigenvalue weighted by molar-refractivity contribution is 5.75. The quantitative estimate of drug-likeness (QED) is 0.503. The Morgan fingerprint density at radius 1 is 1.00 bits per heavy atom. The van der Waals surface area contributed by atoms with Crippen molar-refractivity contribution in [2.75, 3.05) is 31.7 Å². The summed E-state index contributed by atoms with van der Waals surface area (Å²) in [6, 6.07) is -0.206. The molecule has 13 heteroatoms. The molecule has 2 aliphatic heterocycles. The van der Waals surface area contributed by atoms with Crippen LogP contribution in [0.5, 0.6) is 0 Å². The summed E-state index contributed by atoms with van der Waals surface area (Å²) in [5.74, 6) is 0.670. The van der Waals surface area contributed by atoms with Gasteiger partial charge < -0.3 is 26.1 Å². The molecular weight excluding hydrogens is 492 g/mol. The Morgan fingerprint density at radius 2 is 1.58 bits per heavy atom. The Bertz CT molecular complexity index is 1110. The zero-order valence-corrected chi connectivity index (χ0v) is 23.9. The molecule has 0 saturated carbocycles. The van der Waals surface area contributed by atoms with E-state index in [1.807, 2.05) is 27.8 Å². The lowest BCUT2D eigenvalue weighted by molar-refractivity contribution is -0.127. The van der Waals surface area contributed by atoms with Crippen molar-refractivity contribution in [3.63, 3.8) is 0 Å². The van der Waals surface area contributed by atoms with E-state index in [2.05, 4.69) is 28.9 Å². The van der Waals surface area contributed by atoms with E-state index in [0.717, 1.165) is 35.3 Å². The average molecular weight is 537 g/mol. The fourth-order valence-electron chi connectivity index (χ4n) is 4.93. The summed E-state index contributed by atoms with van der Waals surface area (Å²) >= 11 is 0. The monoisotopic (exact) mass is 536 g/mol.